The molecular weight excluding hydrogens is 622 g/mol. The molecule has 3 fully saturated rings. The molecule has 2 aromatic carbocycles. The highest BCUT2D eigenvalue weighted by Crippen LogP contribution is 2.59. The number of carbonyl (C=O) groups excluding carboxylic acids is 4. The number of carbonyl (C=O) groups is 4. The van der Waals surface area contributed by atoms with Gasteiger partial charge in [0, 0.05) is 18.7 Å². The lowest BCUT2D eigenvalue weighted by atomic mass is 9.70. The number of anilines is 1. The molecule has 262 valence electrons. The second-order valence-electron chi connectivity index (χ2n) is 13.8. The van der Waals surface area contributed by atoms with Crippen molar-refractivity contribution < 1.29 is 33.8 Å². The number of hydrogen-bond acceptors (Lipinski definition) is 7. The average molecular weight is 672 g/mol. The molecule has 0 unspecified atom stereocenters. The van der Waals surface area contributed by atoms with Crippen molar-refractivity contribution in [3.63, 3.8) is 0 Å². The van der Waals surface area contributed by atoms with Crippen molar-refractivity contribution >= 4 is 29.4 Å². The van der Waals surface area contributed by atoms with E-state index in [-0.39, 0.29) is 43.9 Å². The molecule has 0 aromatic heterocycles. The number of fused-ring (bicyclic) bond motifs is 1. The minimum Gasteiger partial charge on any atom is -0.463 e. The van der Waals surface area contributed by atoms with Crippen molar-refractivity contribution in [3.8, 4) is 0 Å². The highest BCUT2D eigenvalue weighted by molar-refractivity contribution is 6.05. The van der Waals surface area contributed by atoms with Gasteiger partial charge in [0.05, 0.1) is 36.6 Å². The van der Waals surface area contributed by atoms with Crippen LogP contribution in [0, 0.1) is 31.6 Å². The van der Waals surface area contributed by atoms with Crippen molar-refractivity contribution in [2.24, 2.45) is 17.8 Å². The van der Waals surface area contributed by atoms with Gasteiger partial charge in [-0.2, -0.15) is 0 Å². The molecule has 10 heteroatoms. The molecule has 5 rings (SSSR count). The molecule has 3 amide bonds. The van der Waals surface area contributed by atoms with Crippen molar-refractivity contribution in [1.29, 1.82) is 0 Å². The van der Waals surface area contributed by atoms with E-state index in [1.807, 2.05) is 76.2 Å². The summed E-state index contributed by atoms with van der Waals surface area (Å²) in [6.07, 6.45) is 4.27. The van der Waals surface area contributed by atoms with Gasteiger partial charge in [-0.3, -0.25) is 19.2 Å². The summed E-state index contributed by atoms with van der Waals surface area (Å²) in [6, 6.07) is 12.6. The summed E-state index contributed by atoms with van der Waals surface area (Å²) in [5.74, 6) is -3.53. The number of nitrogens with zero attached hydrogens (tertiary/aromatic N) is 2. The fourth-order valence-corrected chi connectivity index (χ4v) is 8.09. The first-order valence-corrected chi connectivity index (χ1v) is 17.2. The predicted molar refractivity (Wildman–Crippen MR) is 186 cm³/mol. The molecular formula is C39H49N3O7. The Morgan fingerprint density at radius 2 is 1.80 bits per heavy atom. The third kappa shape index (κ3) is 6.68. The first kappa shape index (κ1) is 36.0. The lowest BCUT2D eigenvalue weighted by Crippen LogP contribution is -2.60. The van der Waals surface area contributed by atoms with E-state index >= 15 is 0 Å². The van der Waals surface area contributed by atoms with Gasteiger partial charge in [0.25, 0.3) is 5.91 Å². The number of aliphatic hydroxyl groups excluding tert-OH is 1. The predicted octanol–water partition coefficient (Wildman–Crippen LogP) is 4.58. The summed E-state index contributed by atoms with van der Waals surface area (Å²) in [5, 5.41) is 13.7. The largest absolute Gasteiger partial charge is 0.463 e. The summed E-state index contributed by atoms with van der Waals surface area (Å²) in [6.45, 7) is 15.0. The normalized spacial score (nSPS) is 25.1. The molecule has 2 N–H and O–H groups in total. The van der Waals surface area contributed by atoms with Crippen LogP contribution >= 0.6 is 0 Å². The van der Waals surface area contributed by atoms with E-state index in [1.165, 1.54) is 4.90 Å². The number of ether oxygens (including phenoxy) is 2. The number of para-hydroxylation sites is 1. The number of rotatable bonds is 15. The number of benzene rings is 2. The van der Waals surface area contributed by atoms with Crippen LogP contribution in [0.5, 0.6) is 0 Å². The smallest absolute Gasteiger partial charge is 0.306 e. The maximum absolute atomic E-state index is 15.0. The van der Waals surface area contributed by atoms with Crippen LogP contribution in [0.4, 0.5) is 5.69 Å². The van der Waals surface area contributed by atoms with Gasteiger partial charge in [-0.1, -0.05) is 74.5 Å². The maximum atomic E-state index is 15.0. The third-order valence-electron chi connectivity index (χ3n) is 10.4. The molecule has 1 spiro atoms. The van der Waals surface area contributed by atoms with Gasteiger partial charge in [0.1, 0.15) is 18.2 Å². The summed E-state index contributed by atoms with van der Waals surface area (Å²) in [5.41, 5.74) is 2.01. The van der Waals surface area contributed by atoms with E-state index < -0.39 is 53.5 Å². The zero-order valence-corrected chi connectivity index (χ0v) is 29.0. The number of aryl methyl sites for hydroxylation is 2. The van der Waals surface area contributed by atoms with Gasteiger partial charge in [0.2, 0.25) is 11.8 Å². The topological polar surface area (TPSA) is 125 Å². The van der Waals surface area contributed by atoms with Crippen LogP contribution in [-0.2, 0) is 28.7 Å². The lowest BCUT2D eigenvalue weighted by molar-refractivity contribution is -0.147. The molecule has 3 aliphatic heterocycles. The number of likely N-dealkylation sites (tertiary alicyclic amines) is 1. The quantitative estimate of drug-likeness (QED) is 0.210. The summed E-state index contributed by atoms with van der Waals surface area (Å²) >= 11 is 0. The molecule has 49 heavy (non-hydrogen) atoms. The number of esters is 1. The van der Waals surface area contributed by atoms with E-state index in [2.05, 4.69) is 18.5 Å². The Morgan fingerprint density at radius 1 is 1.10 bits per heavy atom. The summed E-state index contributed by atoms with van der Waals surface area (Å²) in [7, 11) is 0. The Morgan fingerprint density at radius 3 is 2.41 bits per heavy atom. The van der Waals surface area contributed by atoms with Crippen molar-refractivity contribution in [3.05, 3.63) is 90.5 Å². The molecule has 10 nitrogen and oxygen atoms in total. The number of allylic oxidation sites excluding steroid dienone is 1. The fourth-order valence-electron chi connectivity index (χ4n) is 8.09. The minimum absolute atomic E-state index is 0.0901. The van der Waals surface area contributed by atoms with Crippen molar-refractivity contribution in [2.75, 3.05) is 24.7 Å². The maximum Gasteiger partial charge on any atom is 0.306 e. The Balaban J connectivity index is 1.52. The molecule has 2 aromatic rings. The third-order valence-corrected chi connectivity index (χ3v) is 10.4. The zero-order chi connectivity index (χ0) is 35.5. The van der Waals surface area contributed by atoms with Crippen LogP contribution in [0.1, 0.15) is 62.3 Å². The van der Waals surface area contributed by atoms with Crippen LogP contribution in [0.15, 0.2) is 73.8 Å². The highest BCUT2D eigenvalue weighted by atomic mass is 16.5. The molecule has 0 saturated carbocycles. The van der Waals surface area contributed by atoms with Crippen LogP contribution in [0.25, 0.3) is 0 Å². The van der Waals surface area contributed by atoms with Crippen molar-refractivity contribution in [2.45, 2.75) is 83.2 Å². The number of hydrogen-bond donors (Lipinski definition) is 2. The van der Waals surface area contributed by atoms with Crippen LogP contribution in [-0.4, -0.2) is 77.2 Å². The molecule has 3 saturated heterocycles. The lowest BCUT2D eigenvalue weighted by Gasteiger charge is -2.41. The van der Waals surface area contributed by atoms with E-state index in [4.69, 9.17) is 9.47 Å². The first-order valence-electron chi connectivity index (χ1n) is 17.2. The van der Waals surface area contributed by atoms with E-state index in [1.54, 1.807) is 17.1 Å². The fraction of sp³-hybridized carbons (Fsp3) is 0.487. The van der Waals surface area contributed by atoms with Gasteiger partial charge in [-0.25, -0.2) is 0 Å². The average Bonchev–Trinajstić information content (AvgIpc) is 3.73. The van der Waals surface area contributed by atoms with Gasteiger partial charge in [-0.15, -0.1) is 13.2 Å². The standard InChI is InChI=1S/C39H49N3O7/c1-7-9-18-31(44)48-23-28(27-16-11-10-12-17-27)40-36(45)32-30-19-20-39(49-30)33(32)37(46)42(29(22-43)24(3)4)35(39)38(47)41(21-8-2)34-25(5)14-13-15-26(34)6/h7-8,10-17,24,28-30,32-33,35,43H,1-2,9,18-23H2,3-6H3,(H,40,45)/t28-,29+,30+,32-,33-,35+,39-/m1/s1. The summed E-state index contributed by atoms with van der Waals surface area (Å²) in [4.78, 5) is 59.6. The molecule has 0 radical (unpaired) electrons. The highest BCUT2D eigenvalue weighted by Gasteiger charge is 2.75. The second-order valence-corrected chi connectivity index (χ2v) is 13.8. The molecule has 3 aliphatic rings. The summed E-state index contributed by atoms with van der Waals surface area (Å²) < 4.78 is 12.3. The Kier molecular flexibility index (Phi) is 11.1. The van der Waals surface area contributed by atoms with Crippen LogP contribution < -0.4 is 10.2 Å². The van der Waals surface area contributed by atoms with E-state index in [0.29, 0.717) is 19.3 Å². The Labute approximate surface area is 289 Å². The zero-order valence-electron chi connectivity index (χ0n) is 29.0. The first-order chi connectivity index (χ1) is 23.5. The van der Waals surface area contributed by atoms with Gasteiger partial charge >= 0.3 is 5.97 Å². The van der Waals surface area contributed by atoms with Gasteiger partial charge in [-0.05, 0) is 55.7 Å². The molecule has 0 aliphatic carbocycles. The SMILES string of the molecule is C=CCCC(=O)OC[C@@H](NC(=O)[C@@H]1[C@@H]2CC[C@]3(O2)[C@H](C(=O)N(CC=C)c2c(C)cccc2C)N([C@@H](CO)C(C)C)C(=O)[C@@H]13)c1ccccc1. The van der Waals surface area contributed by atoms with Gasteiger partial charge < -0.3 is 29.7 Å². The Bertz CT molecular complexity index is 1560. The van der Waals surface area contributed by atoms with E-state index in [9.17, 15) is 24.3 Å². The minimum atomic E-state index is -1.27. The number of amides is 3. The number of aliphatic hydroxyl groups is 1. The van der Waals surface area contributed by atoms with Crippen LogP contribution in [0.3, 0.4) is 0 Å². The molecule has 7 atom stereocenters. The van der Waals surface area contributed by atoms with Crippen molar-refractivity contribution in [1.82, 2.24) is 10.2 Å². The monoisotopic (exact) mass is 671 g/mol. The van der Waals surface area contributed by atoms with Gasteiger partial charge in [0.15, 0.2) is 0 Å². The van der Waals surface area contributed by atoms with E-state index in [0.717, 1.165) is 22.4 Å². The molecule has 2 bridgehead atoms. The molecule has 3 heterocycles. The van der Waals surface area contributed by atoms with Crippen LogP contribution in [0.2, 0.25) is 0 Å². The second kappa shape index (κ2) is 15.1. The number of nitrogens with one attached hydrogen (secondary N) is 1. The Hall–Kier alpha value is -4.28.